The molecule has 0 fully saturated rings. The molecule has 18 heteroatoms. The first-order chi connectivity index (χ1) is 24.3. The Bertz CT molecular complexity index is 2160. The Hall–Kier alpha value is -5.82. The average molecular weight is 749 g/mol. The molecule has 2 unspecified atom stereocenters. The Morgan fingerprint density at radius 2 is 0.885 bits per heavy atom. The molecule has 0 radical (unpaired) electrons. The third-order valence-corrected chi connectivity index (χ3v) is 9.05. The van der Waals surface area contributed by atoms with E-state index >= 15 is 0 Å². The SMILES string of the molecule is CC(=O)C(N=Nc1ccc(-c2ccc(N=NC(C(C)=O)C(=O)Nc3ccc(C)cc3)cc2S(=O)(=O)O)c(S(=O)(=O)O)c1)C(=O)Nc1ccc(C)cc1. The molecule has 0 spiro atoms. The number of nitrogens with one attached hydrogen (secondary N) is 2. The normalized spacial score (nSPS) is 13.1. The lowest BCUT2D eigenvalue weighted by Gasteiger charge is -2.13. The van der Waals surface area contributed by atoms with E-state index in [9.17, 15) is 45.1 Å². The molecule has 2 amide bonds. The van der Waals surface area contributed by atoms with Gasteiger partial charge in [-0.3, -0.25) is 28.3 Å². The van der Waals surface area contributed by atoms with Crippen LogP contribution in [0.1, 0.15) is 25.0 Å². The van der Waals surface area contributed by atoms with Crippen LogP contribution in [0.5, 0.6) is 0 Å². The van der Waals surface area contributed by atoms with Crippen LogP contribution in [0.3, 0.4) is 0 Å². The summed E-state index contributed by atoms with van der Waals surface area (Å²) >= 11 is 0. The Morgan fingerprint density at radius 1 is 0.558 bits per heavy atom. The van der Waals surface area contributed by atoms with E-state index in [1.54, 1.807) is 48.5 Å². The van der Waals surface area contributed by atoms with Crippen LogP contribution < -0.4 is 10.6 Å². The van der Waals surface area contributed by atoms with Crippen molar-refractivity contribution in [3.63, 3.8) is 0 Å². The smallest absolute Gasteiger partial charge is 0.295 e. The largest absolute Gasteiger partial charge is 0.324 e. The zero-order valence-electron chi connectivity index (χ0n) is 28.0. The first-order valence-electron chi connectivity index (χ1n) is 15.1. The molecule has 16 nitrogen and oxygen atoms in total. The van der Waals surface area contributed by atoms with Crippen molar-refractivity contribution in [1.82, 2.24) is 0 Å². The fraction of sp³-hybridized carbons (Fsp3) is 0.176. The lowest BCUT2D eigenvalue weighted by atomic mass is 10.0. The Balaban J connectivity index is 1.67. The summed E-state index contributed by atoms with van der Waals surface area (Å²) in [6.07, 6.45) is 0. The topological polar surface area (TPSA) is 251 Å². The summed E-state index contributed by atoms with van der Waals surface area (Å²) in [6, 6.07) is 16.2. The molecule has 4 aromatic carbocycles. The van der Waals surface area contributed by atoms with Gasteiger partial charge in [0.2, 0.25) is 12.1 Å². The number of benzene rings is 4. The molecule has 4 aromatic rings. The monoisotopic (exact) mass is 748 g/mol. The molecule has 270 valence electrons. The van der Waals surface area contributed by atoms with Gasteiger partial charge >= 0.3 is 0 Å². The first-order valence-corrected chi connectivity index (χ1v) is 18.0. The van der Waals surface area contributed by atoms with Crippen LogP contribution in [0, 0.1) is 13.8 Å². The number of anilines is 2. The zero-order chi connectivity index (χ0) is 38.4. The number of ketones is 2. The molecule has 4 N–H and O–H groups in total. The van der Waals surface area contributed by atoms with Crippen molar-refractivity contribution in [2.45, 2.75) is 49.6 Å². The van der Waals surface area contributed by atoms with Crippen LogP contribution in [-0.2, 0) is 39.4 Å². The predicted octanol–water partition coefficient (Wildman–Crippen LogP) is 5.82. The number of rotatable bonds is 13. The summed E-state index contributed by atoms with van der Waals surface area (Å²) in [4.78, 5) is 48.3. The maximum absolute atomic E-state index is 12.8. The van der Waals surface area contributed by atoms with Gasteiger partial charge in [0.1, 0.15) is 9.79 Å². The number of amides is 2. The van der Waals surface area contributed by atoms with Crippen molar-refractivity contribution in [2.75, 3.05) is 10.6 Å². The van der Waals surface area contributed by atoms with Gasteiger partial charge in [0, 0.05) is 22.5 Å². The predicted molar refractivity (Wildman–Crippen MR) is 189 cm³/mol. The third-order valence-electron chi connectivity index (χ3n) is 7.26. The Morgan fingerprint density at radius 3 is 1.17 bits per heavy atom. The van der Waals surface area contributed by atoms with Crippen LogP contribution in [0.25, 0.3) is 11.1 Å². The van der Waals surface area contributed by atoms with Crippen molar-refractivity contribution >= 4 is 66.4 Å². The quantitative estimate of drug-likeness (QED) is 0.0724. The van der Waals surface area contributed by atoms with Crippen molar-refractivity contribution in [3.8, 4) is 11.1 Å². The molecule has 52 heavy (non-hydrogen) atoms. The van der Waals surface area contributed by atoms with E-state index in [2.05, 4.69) is 31.1 Å². The Labute approximate surface area is 298 Å². The molecule has 0 heterocycles. The van der Waals surface area contributed by atoms with Gasteiger partial charge < -0.3 is 10.6 Å². The standard InChI is InChI=1S/C34H32N6O10S2/c1-19-5-9-23(10-6-19)35-33(43)31(21(3)41)39-37-25-13-15-27(29(17-25)51(45,46)47)28-16-14-26(18-30(28)52(48,49)50)38-40-32(22(4)42)34(44)36-24-11-7-20(2)8-12-24/h5-18,31-32H,1-4H3,(H,35,43)(H,36,44)(H,45,46,47)(H,48,49,50). The van der Waals surface area contributed by atoms with Crippen molar-refractivity contribution in [3.05, 3.63) is 96.1 Å². The van der Waals surface area contributed by atoms with E-state index < -0.39 is 76.6 Å². The second kappa shape index (κ2) is 16.0. The second-order valence-electron chi connectivity index (χ2n) is 11.5. The van der Waals surface area contributed by atoms with Crippen molar-refractivity contribution in [1.29, 1.82) is 0 Å². The van der Waals surface area contributed by atoms with E-state index in [1.807, 2.05) is 13.8 Å². The number of nitrogens with zero attached hydrogens (tertiary/aromatic N) is 4. The van der Waals surface area contributed by atoms with Crippen molar-refractivity contribution < 1.29 is 45.1 Å². The highest BCUT2D eigenvalue weighted by atomic mass is 32.2. The van der Waals surface area contributed by atoms with Gasteiger partial charge in [-0.25, -0.2) is 0 Å². The number of azo groups is 2. The maximum atomic E-state index is 12.8. The maximum Gasteiger partial charge on any atom is 0.295 e. The number of carbonyl (C=O) groups excluding carboxylic acids is 4. The van der Waals surface area contributed by atoms with Crippen molar-refractivity contribution in [2.24, 2.45) is 20.5 Å². The Kier molecular flexibility index (Phi) is 12.0. The van der Waals surface area contributed by atoms with Crippen LogP contribution in [0.2, 0.25) is 0 Å². The van der Waals surface area contributed by atoms with E-state index in [-0.39, 0.29) is 11.4 Å². The molecular formula is C34H32N6O10S2. The van der Waals surface area contributed by atoms with Crippen LogP contribution in [0.4, 0.5) is 22.7 Å². The minimum absolute atomic E-state index is 0.247. The van der Waals surface area contributed by atoms with Gasteiger partial charge in [0.25, 0.3) is 32.1 Å². The minimum atomic E-state index is -5.11. The summed E-state index contributed by atoms with van der Waals surface area (Å²) in [5, 5.41) is 20.2. The average Bonchev–Trinajstić information content (AvgIpc) is 3.06. The summed E-state index contributed by atoms with van der Waals surface area (Å²) < 4.78 is 70.1. The lowest BCUT2D eigenvalue weighted by molar-refractivity contribution is -0.127. The number of hydrogen-bond acceptors (Lipinski definition) is 12. The fourth-order valence-corrected chi connectivity index (χ4v) is 6.05. The number of hydrogen-bond donors (Lipinski definition) is 4. The molecule has 0 aliphatic heterocycles. The van der Waals surface area contributed by atoms with Gasteiger partial charge in [-0.1, -0.05) is 47.5 Å². The molecular weight excluding hydrogens is 717 g/mol. The lowest BCUT2D eigenvalue weighted by Crippen LogP contribution is -2.31. The minimum Gasteiger partial charge on any atom is -0.324 e. The van der Waals surface area contributed by atoms with E-state index in [0.29, 0.717) is 11.4 Å². The van der Waals surface area contributed by atoms with Crippen LogP contribution >= 0.6 is 0 Å². The van der Waals surface area contributed by atoms with Gasteiger partial charge in [-0.2, -0.15) is 37.3 Å². The van der Waals surface area contributed by atoms with Gasteiger partial charge in [0.05, 0.1) is 11.4 Å². The number of Topliss-reactive ketones (excluding diaryl/α,β-unsaturated/α-hetero) is 2. The van der Waals surface area contributed by atoms with E-state index in [1.165, 1.54) is 0 Å². The zero-order valence-corrected chi connectivity index (χ0v) is 29.6. The molecule has 0 saturated heterocycles. The van der Waals surface area contributed by atoms with E-state index in [0.717, 1.165) is 61.4 Å². The van der Waals surface area contributed by atoms with E-state index in [4.69, 9.17) is 0 Å². The second-order valence-corrected chi connectivity index (χ2v) is 14.3. The summed E-state index contributed by atoms with van der Waals surface area (Å²) in [5.74, 6) is -3.00. The first kappa shape index (κ1) is 39.0. The molecule has 4 rings (SSSR count). The molecule has 0 aromatic heterocycles. The summed E-state index contributed by atoms with van der Waals surface area (Å²) in [5.41, 5.74) is 1.34. The molecule has 0 aliphatic carbocycles. The number of carbonyl (C=O) groups is 4. The molecule has 2 atom stereocenters. The van der Waals surface area contributed by atoms with Crippen LogP contribution in [-0.4, -0.2) is 61.4 Å². The van der Waals surface area contributed by atoms with Gasteiger partial charge in [-0.05, 0) is 76.2 Å². The van der Waals surface area contributed by atoms with Gasteiger partial charge in [0.15, 0.2) is 11.6 Å². The van der Waals surface area contributed by atoms with Crippen LogP contribution in [0.15, 0.2) is 115 Å². The molecule has 0 bridgehead atoms. The third kappa shape index (κ3) is 10.1. The van der Waals surface area contributed by atoms with Gasteiger partial charge in [-0.15, -0.1) is 0 Å². The highest BCUT2D eigenvalue weighted by Crippen LogP contribution is 2.37. The molecule has 0 aliphatic rings. The molecule has 0 saturated carbocycles. The fourth-order valence-electron chi connectivity index (χ4n) is 4.60. The summed E-state index contributed by atoms with van der Waals surface area (Å²) in [7, 11) is -10.2. The highest BCUT2D eigenvalue weighted by Gasteiger charge is 2.27. The highest BCUT2D eigenvalue weighted by molar-refractivity contribution is 7.86. The summed E-state index contributed by atoms with van der Waals surface area (Å²) in [6.45, 7) is 5.90. The number of aryl methyl sites for hydroxylation is 2.